The van der Waals surface area contributed by atoms with E-state index in [1.54, 1.807) is 22.9 Å². The molecule has 1 aromatic carbocycles. The predicted molar refractivity (Wildman–Crippen MR) is 119 cm³/mol. The first kappa shape index (κ1) is 26.1. The van der Waals surface area contributed by atoms with Crippen molar-refractivity contribution in [3.63, 3.8) is 0 Å². The second-order valence-corrected chi connectivity index (χ2v) is 6.32. The Morgan fingerprint density at radius 3 is 2.52 bits per heavy atom. The number of nitro groups is 1. The zero-order chi connectivity index (χ0) is 21.3. The zero-order valence-electron chi connectivity index (χ0n) is 16.3. The first-order valence-electron chi connectivity index (χ1n) is 8.75. The third-order valence-electron chi connectivity index (χ3n) is 3.59. The van der Waals surface area contributed by atoms with E-state index in [4.69, 9.17) is 5.73 Å². The number of carbonyl (C=O) groups is 1. The van der Waals surface area contributed by atoms with Crippen molar-refractivity contribution in [2.45, 2.75) is 41.7 Å². The minimum Gasteiger partial charge on any atom is -0.352 e. The van der Waals surface area contributed by atoms with Crippen molar-refractivity contribution >= 4 is 33.1 Å². The number of nitrogens with two attached hydrogens (primary N) is 1. The summed E-state index contributed by atoms with van der Waals surface area (Å²) in [4.78, 5) is 32.2. The van der Waals surface area contributed by atoms with Crippen molar-refractivity contribution in [1.29, 1.82) is 0 Å². The minimum absolute atomic E-state index is 0. The van der Waals surface area contributed by atoms with Gasteiger partial charge in [0.05, 0.1) is 20.9 Å². The Morgan fingerprint density at radius 2 is 1.97 bits per heavy atom. The summed E-state index contributed by atoms with van der Waals surface area (Å²) in [6.07, 6.45) is 3.17. The number of rotatable bonds is 4. The Hall–Kier alpha value is -2.91. The molecule has 3 aromatic rings. The molecular weight excluding hydrogens is 392 g/mol. The number of pyridine rings is 1. The van der Waals surface area contributed by atoms with Gasteiger partial charge in [-0.1, -0.05) is 21.3 Å². The molecule has 0 saturated carbocycles. The number of aryl methyl sites for hydroxylation is 1. The SMILES string of the molecule is C.CC.CC(=O)c1cn(CCN)ccc1=O.Cc1nsc2ccc([N+](=O)[O-])cc12. The highest BCUT2D eigenvalue weighted by Crippen LogP contribution is 2.26. The fourth-order valence-corrected chi connectivity index (χ4v) is 3.01. The maximum absolute atomic E-state index is 11.2. The van der Waals surface area contributed by atoms with E-state index in [2.05, 4.69) is 4.37 Å². The molecule has 0 radical (unpaired) electrons. The van der Waals surface area contributed by atoms with Gasteiger partial charge in [-0.2, -0.15) is 4.37 Å². The number of aromatic nitrogens is 2. The molecule has 0 spiro atoms. The Kier molecular flexibility index (Phi) is 11.3. The van der Waals surface area contributed by atoms with Crippen molar-refractivity contribution in [2.24, 2.45) is 5.73 Å². The van der Waals surface area contributed by atoms with Crippen LogP contribution in [0.5, 0.6) is 0 Å². The smallest absolute Gasteiger partial charge is 0.270 e. The van der Waals surface area contributed by atoms with E-state index in [9.17, 15) is 19.7 Å². The number of ketones is 1. The van der Waals surface area contributed by atoms with Gasteiger partial charge in [-0.05, 0) is 31.4 Å². The van der Waals surface area contributed by atoms with Gasteiger partial charge in [-0.3, -0.25) is 19.7 Å². The normalized spacial score (nSPS) is 9.41. The molecular formula is C20H28N4O4S. The lowest BCUT2D eigenvalue weighted by molar-refractivity contribution is -0.384. The van der Waals surface area contributed by atoms with Gasteiger partial charge in [0.25, 0.3) is 5.69 Å². The van der Waals surface area contributed by atoms with Gasteiger partial charge >= 0.3 is 0 Å². The van der Waals surface area contributed by atoms with Crippen LogP contribution in [0.1, 0.15) is 44.2 Å². The molecule has 2 heterocycles. The number of hydrogen-bond donors (Lipinski definition) is 1. The molecule has 0 aliphatic rings. The summed E-state index contributed by atoms with van der Waals surface area (Å²) in [7, 11) is 0. The highest BCUT2D eigenvalue weighted by Gasteiger charge is 2.09. The van der Waals surface area contributed by atoms with Gasteiger partial charge in [0, 0.05) is 49.1 Å². The van der Waals surface area contributed by atoms with Gasteiger partial charge in [-0.25, -0.2) is 0 Å². The maximum atomic E-state index is 11.2. The number of nitro benzene ring substituents is 1. The predicted octanol–water partition coefficient (Wildman–Crippen LogP) is 4.18. The van der Waals surface area contributed by atoms with Crippen molar-refractivity contribution in [1.82, 2.24) is 8.94 Å². The molecule has 0 atom stereocenters. The van der Waals surface area contributed by atoms with Gasteiger partial charge < -0.3 is 10.3 Å². The molecule has 0 aliphatic carbocycles. The van der Waals surface area contributed by atoms with Crippen LogP contribution in [-0.4, -0.2) is 26.2 Å². The molecule has 0 bridgehead atoms. The minimum atomic E-state index is -0.392. The molecule has 0 unspecified atom stereocenters. The van der Waals surface area contributed by atoms with Crippen LogP contribution >= 0.6 is 11.5 Å². The molecule has 8 nitrogen and oxygen atoms in total. The molecule has 0 fully saturated rings. The van der Waals surface area contributed by atoms with E-state index in [1.807, 2.05) is 20.8 Å². The van der Waals surface area contributed by atoms with E-state index < -0.39 is 4.92 Å². The van der Waals surface area contributed by atoms with Gasteiger partial charge in [-0.15, -0.1) is 0 Å². The number of non-ortho nitro benzene ring substituents is 1. The molecule has 3 rings (SSSR count). The highest BCUT2D eigenvalue weighted by molar-refractivity contribution is 7.13. The van der Waals surface area contributed by atoms with E-state index in [-0.39, 0.29) is 29.9 Å². The summed E-state index contributed by atoms with van der Waals surface area (Å²) in [5, 5.41) is 11.3. The van der Waals surface area contributed by atoms with Gasteiger partial charge in [0.2, 0.25) is 0 Å². The summed E-state index contributed by atoms with van der Waals surface area (Å²) >= 11 is 1.36. The second-order valence-electron chi connectivity index (χ2n) is 5.51. The van der Waals surface area contributed by atoms with E-state index >= 15 is 0 Å². The van der Waals surface area contributed by atoms with Crippen LogP contribution in [0.4, 0.5) is 5.69 Å². The monoisotopic (exact) mass is 420 g/mol. The molecule has 158 valence electrons. The topological polar surface area (TPSA) is 121 Å². The summed E-state index contributed by atoms with van der Waals surface area (Å²) in [6, 6.07) is 6.18. The second kappa shape index (κ2) is 12.5. The molecule has 9 heteroatoms. The number of hydrogen-bond acceptors (Lipinski definition) is 7. The first-order valence-corrected chi connectivity index (χ1v) is 9.52. The Labute approximate surface area is 174 Å². The third-order valence-corrected chi connectivity index (χ3v) is 4.51. The van der Waals surface area contributed by atoms with E-state index in [0.29, 0.717) is 13.1 Å². The summed E-state index contributed by atoms with van der Waals surface area (Å²) in [6.45, 7) is 8.33. The van der Waals surface area contributed by atoms with E-state index in [0.717, 1.165) is 15.8 Å². The van der Waals surface area contributed by atoms with Crippen LogP contribution in [0.3, 0.4) is 0 Å². The number of benzene rings is 1. The largest absolute Gasteiger partial charge is 0.352 e. The first-order chi connectivity index (χ1) is 13.3. The van der Waals surface area contributed by atoms with E-state index in [1.165, 1.54) is 36.8 Å². The Balaban J connectivity index is 0.000000483. The van der Waals surface area contributed by atoms with Crippen LogP contribution in [0.15, 0.2) is 41.5 Å². The standard InChI is InChI=1S/C9H12N2O2.C8H6N2O2S.C2H6.CH4/c1-7(12)8-6-11(5-3-10)4-2-9(8)13;1-5-7-4-6(10(11)12)2-3-8(7)13-9-5;1-2;/h2,4,6H,3,5,10H2,1H3;2-4H,1H3;1-2H3;1H4. The fraction of sp³-hybridized carbons (Fsp3) is 0.350. The Morgan fingerprint density at radius 1 is 1.31 bits per heavy atom. The average Bonchev–Trinajstić information content (AvgIpc) is 3.06. The van der Waals surface area contributed by atoms with Crippen LogP contribution in [0.2, 0.25) is 0 Å². The van der Waals surface area contributed by atoms with Crippen molar-refractivity contribution in [3.05, 3.63) is 68.3 Å². The van der Waals surface area contributed by atoms with Gasteiger partial charge in [0.1, 0.15) is 0 Å². The molecule has 29 heavy (non-hydrogen) atoms. The zero-order valence-corrected chi connectivity index (χ0v) is 17.2. The lowest BCUT2D eigenvalue weighted by Gasteiger charge is -2.04. The average molecular weight is 421 g/mol. The lowest BCUT2D eigenvalue weighted by atomic mass is 10.2. The summed E-state index contributed by atoms with van der Waals surface area (Å²) in [5.41, 5.74) is 6.30. The van der Waals surface area contributed by atoms with Crippen LogP contribution in [-0.2, 0) is 6.54 Å². The van der Waals surface area contributed by atoms with Crippen LogP contribution < -0.4 is 11.2 Å². The fourth-order valence-electron chi connectivity index (χ4n) is 2.24. The van der Waals surface area contributed by atoms with Crippen molar-refractivity contribution in [3.8, 4) is 0 Å². The maximum Gasteiger partial charge on any atom is 0.270 e. The quantitative estimate of drug-likeness (QED) is 0.384. The van der Waals surface area contributed by atoms with Crippen molar-refractivity contribution in [2.75, 3.05) is 6.54 Å². The van der Waals surface area contributed by atoms with Gasteiger partial charge in [0.15, 0.2) is 11.2 Å². The molecule has 2 aromatic heterocycles. The van der Waals surface area contributed by atoms with Crippen molar-refractivity contribution < 1.29 is 9.72 Å². The summed E-state index contributed by atoms with van der Waals surface area (Å²) in [5.74, 6) is -0.212. The number of Topliss-reactive ketones (excluding diaryl/α,β-unsaturated/α-hetero) is 1. The number of fused-ring (bicyclic) bond motifs is 1. The Bertz CT molecular complexity index is 1010. The number of nitrogens with zero attached hydrogens (tertiary/aromatic N) is 3. The van der Waals surface area contributed by atoms with Crippen LogP contribution in [0.25, 0.3) is 10.1 Å². The molecule has 0 aliphatic heterocycles. The summed E-state index contributed by atoms with van der Waals surface area (Å²) < 4.78 is 6.84. The molecule has 2 N–H and O–H groups in total. The molecule has 0 amide bonds. The molecule has 0 saturated heterocycles. The third kappa shape index (κ3) is 7.20. The lowest BCUT2D eigenvalue weighted by Crippen LogP contribution is -2.17. The number of carbonyl (C=O) groups excluding carboxylic acids is 1. The van der Waals surface area contributed by atoms with Crippen LogP contribution in [0, 0.1) is 17.0 Å². The highest BCUT2D eigenvalue weighted by atomic mass is 32.1.